The third-order valence-electron chi connectivity index (χ3n) is 2.75. The zero-order valence-electron chi connectivity index (χ0n) is 11.1. The zero-order chi connectivity index (χ0) is 14.7. The number of hydrogen-bond donors (Lipinski definition) is 2. The van der Waals surface area contributed by atoms with Crippen LogP contribution >= 0.6 is 0 Å². The van der Waals surface area contributed by atoms with Crippen LogP contribution in [0.4, 0.5) is 10.1 Å². The van der Waals surface area contributed by atoms with Crippen LogP contribution in [0.5, 0.6) is 11.5 Å². The van der Waals surface area contributed by atoms with Crippen LogP contribution in [0, 0.1) is 12.7 Å². The van der Waals surface area contributed by atoms with Gasteiger partial charge in [-0.1, -0.05) is 0 Å². The third-order valence-corrected chi connectivity index (χ3v) is 2.75. The van der Waals surface area contributed by atoms with Gasteiger partial charge in [-0.3, -0.25) is 9.78 Å². The molecule has 0 spiro atoms. The Bertz CT molecular complexity index is 659. The second kappa shape index (κ2) is 5.56. The van der Waals surface area contributed by atoms with Crippen LogP contribution in [-0.2, 0) is 0 Å². The summed E-state index contributed by atoms with van der Waals surface area (Å²) in [5, 5.41) is 2.75. The van der Waals surface area contributed by atoms with Crippen LogP contribution < -0.4 is 15.8 Å². The van der Waals surface area contributed by atoms with Crippen molar-refractivity contribution in [3.63, 3.8) is 0 Å². The van der Waals surface area contributed by atoms with E-state index in [2.05, 4.69) is 10.3 Å². The lowest BCUT2D eigenvalue weighted by atomic mass is 10.2. The van der Waals surface area contributed by atoms with E-state index in [1.54, 1.807) is 26.1 Å². The van der Waals surface area contributed by atoms with E-state index in [9.17, 15) is 9.18 Å². The number of carbonyl (C=O) groups is 1. The SMILES string of the molecule is CNc1cc(C)c(Oc2ccnc(C(N)=O)c2)cc1F. The van der Waals surface area contributed by atoms with E-state index in [-0.39, 0.29) is 5.69 Å². The average molecular weight is 275 g/mol. The van der Waals surface area contributed by atoms with Gasteiger partial charge in [-0.2, -0.15) is 0 Å². The third kappa shape index (κ3) is 2.85. The summed E-state index contributed by atoms with van der Waals surface area (Å²) in [4.78, 5) is 14.9. The molecule has 104 valence electrons. The number of nitrogens with zero attached hydrogens (tertiary/aromatic N) is 1. The highest BCUT2D eigenvalue weighted by molar-refractivity contribution is 5.91. The fourth-order valence-corrected chi connectivity index (χ4v) is 1.70. The second-order valence-electron chi connectivity index (χ2n) is 4.19. The van der Waals surface area contributed by atoms with Crippen molar-refractivity contribution < 1.29 is 13.9 Å². The first-order chi connectivity index (χ1) is 9.51. The maximum absolute atomic E-state index is 13.7. The summed E-state index contributed by atoms with van der Waals surface area (Å²) in [5.41, 5.74) is 6.38. The minimum atomic E-state index is -0.649. The van der Waals surface area contributed by atoms with Gasteiger partial charge in [0.2, 0.25) is 0 Å². The van der Waals surface area contributed by atoms with Crippen molar-refractivity contribution in [2.24, 2.45) is 5.73 Å². The molecule has 0 saturated carbocycles. The quantitative estimate of drug-likeness (QED) is 0.898. The van der Waals surface area contributed by atoms with E-state index in [0.29, 0.717) is 17.2 Å². The van der Waals surface area contributed by atoms with Crippen molar-refractivity contribution in [3.8, 4) is 11.5 Å². The van der Waals surface area contributed by atoms with Crippen LogP contribution in [0.3, 0.4) is 0 Å². The Labute approximate surface area is 115 Å². The Morgan fingerprint density at radius 1 is 1.40 bits per heavy atom. The number of pyridine rings is 1. The van der Waals surface area contributed by atoms with Crippen LogP contribution in [0.15, 0.2) is 30.5 Å². The maximum Gasteiger partial charge on any atom is 0.267 e. The molecule has 2 aromatic rings. The molecule has 1 aromatic heterocycles. The predicted molar refractivity (Wildman–Crippen MR) is 73.5 cm³/mol. The molecule has 3 N–H and O–H groups in total. The van der Waals surface area contributed by atoms with Crippen molar-refractivity contribution in [3.05, 3.63) is 47.5 Å². The lowest BCUT2D eigenvalue weighted by Crippen LogP contribution is -2.12. The van der Waals surface area contributed by atoms with Crippen molar-refractivity contribution in [1.82, 2.24) is 4.98 Å². The molecule has 0 fully saturated rings. The molecule has 0 unspecified atom stereocenters. The number of carbonyl (C=O) groups excluding carboxylic acids is 1. The highest BCUT2D eigenvalue weighted by Gasteiger charge is 2.10. The number of hydrogen-bond acceptors (Lipinski definition) is 4. The van der Waals surface area contributed by atoms with E-state index in [1.165, 1.54) is 18.3 Å². The van der Waals surface area contributed by atoms with Gasteiger partial charge < -0.3 is 15.8 Å². The van der Waals surface area contributed by atoms with Gasteiger partial charge in [0.1, 0.15) is 23.0 Å². The van der Waals surface area contributed by atoms with E-state index in [1.807, 2.05) is 0 Å². The van der Waals surface area contributed by atoms with Crippen molar-refractivity contribution in [2.75, 3.05) is 12.4 Å². The summed E-state index contributed by atoms with van der Waals surface area (Å²) in [6, 6.07) is 5.90. The molecule has 0 saturated heterocycles. The summed E-state index contributed by atoms with van der Waals surface area (Å²) >= 11 is 0. The molecule has 0 radical (unpaired) electrons. The highest BCUT2D eigenvalue weighted by atomic mass is 19.1. The number of aryl methyl sites for hydroxylation is 1. The molecule has 0 atom stereocenters. The normalized spacial score (nSPS) is 10.2. The minimum Gasteiger partial charge on any atom is -0.457 e. The van der Waals surface area contributed by atoms with Gasteiger partial charge in [0.15, 0.2) is 0 Å². The van der Waals surface area contributed by atoms with E-state index in [0.717, 1.165) is 5.56 Å². The lowest BCUT2D eigenvalue weighted by molar-refractivity contribution is 0.0995. The molecule has 5 nitrogen and oxygen atoms in total. The fourth-order valence-electron chi connectivity index (χ4n) is 1.70. The van der Waals surface area contributed by atoms with Gasteiger partial charge in [-0.25, -0.2) is 4.39 Å². The summed E-state index contributed by atoms with van der Waals surface area (Å²) in [6.45, 7) is 1.80. The maximum atomic E-state index is 13.7. The smallest absolute Gasteiger partial charge is 0.267 e. The van der Waals surface area contributed by atoms with E-state index in [4.69, 9.17) is 10.5 Å². The molecule has 6 heteroatoms. The Kier molecular flexibility index (Phi) is 3.84. The number of halogens is 1. The zero-order valence-corrected chi connectivity index (χ0v) is 11.1. The largest absolute Gasteiger partial charge is 0.457 e. The second-order valence-corrected chi connectivity index (χ2v) is 4.19. The summed E-state index contributed by atoms with van der Waals surface area (Å²) in [5.74, 6) is -0.335. The molecule has 1 aromatic carbocycles. The summed E-state index contributed by atoms with van der Waals surface area (Å²) < 4.78 is 19.3. The average Bonchev–Trinajstić information content (AvgIpc) is 2.42. The van der Waals surface area contributed by atoms with Crippen LogP contribution in [0.2, 0.25) is 0 Å². The number of aromatic nitrogens is 1. The Hall–Kier alpha value is -2.63. The lowest BCUT2D eigenvalue weighted by Gasteiger charge is -2.11. The molecular formula is C14H14FN3O2. The van der Waals surface area contributed by atoms with E-state index < -0.39 is 11.7 Å². The molecule has 2 rings (SSSR count). The first kappa shape index (κ1) is 13.8. The predicted octanol–water partition coefficient (Wildman–Crippen LogP) is 2.46. The molecule has 0 aliphatic heterocycles. The number of nitrogens with two attached hydrogens (primary N) is 1. The molecule has 1 heterocycles. The molecule has 0 aliphatic rings. The van der Waals surface area contributed by atoms with Gasteiger partial charge in [0.25, 0.3) is 5.91 Å². The molecule has 0 aliphatic carbocycles. The molecule has 20 heavy (non-hydrogen) atoms. The Morgan fingerprint density at radius 2 is 2.15 bits per heavy atom. The van der Waals surface area contributed by atoms with Crippen molar-refractivity contribution in [1.29, 1.82) is 0 Å². The van der Waals surface area contributed by atoms with Gasteiger partial charge in [0.05, 0.1) is 5.69 Å². The summed E-state index contributed by atoms with van der Waals surface area (Å²) in [6.07, 6.45) is 1.41. The topological polar surface area (TPSA) is 77.2 Å². The minimum absolute atomic E-state index is 0.0903. The monoisotopic (exact) mass is 275 g/mol. The molecular weight excluding hydrogens is 261 g/mol. The Morgan fingerprint density at radius 3 is 2.80 bits per heavy atom. The first-order valence-corrected chi connectivity index (χ1v) is 5.93. The highest BCUT2D eigenvalue weighted by Crippen LogP contribution is 2.29. The number of primary amides is 1. The van der Waals surface area contributed by atoms with Crippen LogP contribution in [0.1, 0.15) is 16.1 Å². The molecule has 0 bridgehead atoms. The van der Waals surface area contributed by atoms with Gasteiger partial charge in [0, 0.05) is 25.4 Å². The van der Waals surface area contributed by atoms with Crippen LogP contribution in [0.25, 0.3) is 0 Å². The number of nitrogens with one attached hydrogen (secondary N) is 1. The number of ether oxygens (including phenoxy) is 1. The number of benzene rings is 1. The van der Waals surface area contributed by atoms with Crippen LogP contribution in [-0.4, -0.2) is 17.9 Å². The van der Waals surface area contributed by atoms with Crippen molar-refractivity contribution in [2.45, 2.75) is 6.92 Å². The van der Waals surface area contributed by atoms with E-state index >= 15 is 0 Å². The first-order valence-electron chi connectivity index (χ1n) is 5.93. The fraction of sp³-hybridized carbons (Fsp3) is 0.143. The standard InChI is InChI=1S/C14H14FN3O2/c1-8-5-11(17-2)10(15)7-13(8)20-9-3-4-18-12(6-9)14(16)19/h3-7,17H,1-2H3,(H2,16,19). The number of amides is 1. The van der Waals surface area contributed by atoms with Gasteiger partial charge in [-0.05, 0) is 24.6 Å². The number of rotatable bonds is 4. The summed E-state index contributed by atoms with van der Waals surface area (Å²) in [7, 11) is 1.64. The van der Waals surface area contributed by atoms with Gasteiger partial charge >= 0.3 is 0 Å². The molecule has 1 amide bonds. The van der Waals surface area contributed by atoms with Crippen molar-refractivity contribution >= 4 is 11.6 Å². The van der Waals surface area contributed by atoms with Gasteiger partial charge in [-0.15, -0.1) is 0 Å². The number of anilines is 1. The Balaban J connectivity index is 2.32.